The fraction of sp³-hybridized carbons (Fsp3) is 0.727. The van der Waals surface area contributed by atoms with Gasteiger partial charge in [0.05, 0.1) is 6.61 Å². The Morgan fingerprint density at radius 2 is 2.31 bits per heavy atom. The van der Waals surface area contributed by atoms with Crippen LogP contribution in [-0.2, 0) is 9.53 Å². The molecule has 0 spiro atoms. The first kappa shape index (κ1) is 13.1. The third-order valence-corrected chi connectivity index (χ3v) is 2.68. The molecule has 0 saturated heterocycles. The summed E-state index contributed by atoms with van der Waals surface area (Å²) in [6, 6.07) is 0. The molecule has 0 bridgehead atoms. The molecule has 0 saturated carbocycles. The quantitative estimate of drug-likeness (QED) is 0.597. The van der Waals surface area contributed by atoms with Crippen LogP contribution in [0.3, 0.4) is 0 Å². The zero-order chi connectivity index (χ0) is 12.2. The fourth-order valence-corrected chi connectivity index (χ4v) is 1.75. The Labute approximate surface area is 93.1 Å². The molecule has 3 nitrogen and oxygen atoms in total. The summed E-state index contributed by atoms with van der Waals surface area (Å²) in [6.45, 7) is 1.33. The molecule has 1 aliphatic carbocycles. The number of rotatable bonds is 4. The number of aliphatic hydroxyl groups excluding tert-OH is 1. The van der Waals surface area contributed by atoms with E-state index in [4.69, 9.17) is 0 Å². The van der Waals surface area contributed by atoms with Gasteiger partial charge in [0, 0.05) is 0 Å². The van der Waals surface area contributed by atoms with Gasteiger partial charge in [0.25, 0.3) is 0 Å². The second-order valence-corrected chi connectivity index (χ2v) is 3.83. The van der Waals surface area contributed by atoms with Crippen LogP contribution in [0, 0.1) is 5.92 Å². The molecule has 0 aromatic heterocycles. The number of hydrogen-bond donors (Lipinski definition) is 1. The first-order chi connectivity index (χ1) is 7.50. The van der Waals surface area contributed by atoms with Crippen LogP contribution in [0.4, 0.5) is 8.78 Å². The lowest BCUT2D eigenvalue weighted by Gasteiger charge is -2.28. The zero-order valence-corrected chi connectivity index (χ0v) is 9.16. The fourth-order valence-electron chi connectivity index (χ4n) is 1.75. The largest absolute Gasteiger partial charge is 0.461 e. The summed E-state index contributed by atoms with van der Waals surface area (Å²) in [5.74, 6) is -6.03. The number of esters is 1. The molecule has 2 unspecified atom stereocenters. The number of hydrogen-bond acceptors (Lipinski definition) is 3. The molecule has 0 aromatic carbocycles. The van der Waals surface area contributed by atoms with Crippen molar-refractivity contribution in [2.24, 2.45) is 5.92 Å². The second-order valence-electron chi connectivity index (χ2n) is 3.83. The Kier molecular flexibility index (Phi) is 4.41. The lowest BCUT2D eigenvalue weighted by atomic mass is 9.86. The van der Waals surface area contributed by atoms with E-state index in [1.807, 2.05) is 6.08 Å². The van der Waals surface area contributed by atoms with Gasteiger partial charge in [-0.05, 0) is 32.1 Å². The van der Waals surface area contributed by atoms with Gasteiger partial charge in [-0.1, -0.05) is 12.2 Å². The Balaban J connectivity index is 2.66. The molecule has 0 radical (unpaired) electrons. The van der Waals surface area contributed by atoms with E-state index in [-0.39, 0.29) is 6.61 Å². The molecule has 1 aliphatic rings. The lowest BCUT2D eigenvalue weighted by Crippen LogP contribution is -2.47. The van der Waals surface area contributed by atoms with E-state index >= 15 is 0 Å². The van der Waals surface area contributed by atoms with Crippen molar-refractivity contribution in [1.82, 2.24) is 0 Å². The average Bonchev–Trinajstić information content (AvgIpc) is 2.29. The molecule has 16 heavy (non-hydrogen) atoms. The van der Waals surface area contributed by atoms with Crippen molar-refractivity contribution in [3.63, 3.8) is 0 Å². The molecule has 5 heteroatoms. The highest BCUT2D eigenvalue weighted by Gasteiger charge is 2.51. The Morgan fingerprint density at radius 1 is 1.62 bits per heavy atom. The van der Waals surface area contributed by atoms with E-state index in [9.17, 15) is 18.7 Å². The van der Waals surface area contributed by atoms with Gasteiger partial charge in [0.2, 0.25) is 0 Å². The average molecular weight is 234 g/mol. The van der Waals surface area contributed by atoms with Crippen molar-refractivity contribution in [2.45, 2.75) is 38.2 Å². The lowest BCUT2D eigenvalue weighted by molar-refractivity contribution is -0.194. The van der Waals surface area contributed by atoms with Gasteiger partial charge in [-0.25, -0.2) is 4.79 Å². The first-order valence-electron chi connectivity index (χ1n) is 5.38. The van der Waals surface area contributed by atoms with Crippen LogP contribution < -0.4 is 0 Å². The Morgan fingerprint density at radius 3 is 2.81 bits per heavy atom. The van der Waals surface area contributed by atoms with E-state index in [1.165, 1.54) is 6.92 Å². The molecule has 92 valence electrons. The van der Waals surface area contributed by atoms with Gasteiger partial charge < -0.3 is 9.84 Å². The maximum Gasteiger partial charge on any atom is 0.379 e. The van der Waals surface area contributed by atoms with Crippen LogP contribution in [0.15, 0.2) is 12.2 Å². The minimum Gasteiger partial charge on any atom is -0.461 e. The summed E-state index contributed by atoms with van der Waals surface area (Å²) in [4.78, 5) is 11.0. The van der Waals surface area contributed by atoms with Crippen molar-refractivity contribution in [3.05, 3.63) is 12.2 Å². The third kappa shape index (κ3) is 2.78. The van der Waals surface area contributed by atoms with Crippen molar-refractivity contribution in [1.29, 1.82) is 0 Å². The van der Waals surface area contributed by atoms with Crippen LogP contribution in [0.5, 0.6) is 0 Å². The standard InChI is InChI=1S/C11H16F2O3/c1-2-16-10(15)11(12,13)9(14)8-6-4-3-5-7-8/h3-4,8-9,14H,2,5-7H2,1H3. The maximum absolute atomic E-state index is 13.4. The van der Waals surface area contributed by atoms with Crippen LogP contribution >= 0.6 is 0 Å². The van der Waals surface area contributed by atoms with Crippen molar-refractivity contribution < 1.29 is 23.4 Å². The smallest absolute Gasteiger partial charge is 0.379 e. The number of ether oxygens (including phenoxy) is 1. The summed E-state index contributed by atoms with van der Waals surface area (Å²) in [6.07, 6.45) is 3.16. The highest BCUT2D eigenvalue weighted by atomic mass is 19.3. The second kappa shape index (κ2) is 5.39. The van der Waals surface area contributed by atoms with Gasteiger partial charge in [0.15, 0.2) is 0 Å². The van der Waals surface area contributed by atoms with Gasteiger partial charge in [0.1, 0.15) is 6.10 Å². The maximum atomic E-state index is 13.4. The minimum atomic E-state index is -3.81. The Hall–Kier alpha value is -0.970. The molecule has 1 rings (SSSR count). The Bertz CT molecular complexity index is 276. The monoisotopic (exact) mass is 234 g/mol. The van der Waals surface area contributed by atoms with Gasteiger partial charge in [-0.15, -0.1) is 0 Å². The molecular weight excluding hydrogens is 218 g/mol. The topological polar surface area (TPSA) is 46.5 Å². The van der Waals surface area contributed by atoms with Gasteiger partial charge in [-0.3, -0.25) is 0 Å². The summed E-state index contributed by atoms with van der Waals surface area (Å²) in [5.41, 5.74) is 0. The van der Waals surface area contributed by atoms with Gasteiger partial charge in [-0.2, -0.15) is 8.78 Å². The first-order valence-corrected chi connectivity index (χ1v) is 5.38. The van der Waals surface area contributed by atoms with Crippen LogP contribution in [0.1, 0.15) is 26.2 Å². The summed E-state index contributed by atoms with van der Waals surface area (Å²) >= 11 is 0. The zero-order valence-electron chi connectivity index (χ0n) is 9.16. The predicted molar refractivity (Wildman–Crippen MR) is 54.1 cm³/mol. The number of carbonyl (C=O) groups excluding carboxylic acids is 1. The molecule has 0 aliphatic heterocycles. The minimum absolute atomic E-state index is 0.119. The summed E-state index contributed by atoms with van der Waals surface area (Å²) in [5, 5.41) is 9.51. The van der Waals surface area contributed by atoms with Crippen LogP contribution in [0.2, 0.25) is 0 Å². The van der Waals surface area contributed by atoms with E-state index < -0.39 is 23.9 Å². The molecule has 0 fully saturated rings. The highest BCUT2D eigenvalue weighted by molar-refractivity contribution is 5.78. The molecule has 0 aromatic rings. The van der Waals surface area contributed by atoms with Crippen LogP contribution in [0.25, 0.3) is 0 Å². The van der Waals surface area contributed by atoms with Crippen molar-refractivity contribution in [3.8, 4) is 0 Å². The SMILES string of the molecule is CCOC(=O)C(F)(F)C(O)C1CC=CCC1. The molecule has 0 amide bonds. The van der Waals surface area contributed by atoms with Crippen LogP contribution in [-0.4, -0.2) is 29.7 Å². The van der Waals surface area contributed by atoms with Crippen molar-refractivity contribution in [2.75, 3.05) is 6.61 Å². The van der Waals surface area contributed by atoms with E-state index in [0.717, 1.165) is 0 Å². The van der Waals surface area contributed by atoms with Crippen molar-refractivity contribution >= 4 is 5.97 Å². The third-order valence-electron chi connectivity index (χ3n) is 2.68. The van der Waals surface area contributed by atoms with Gasteiger partial charge >= 0.3 is 11.9 Å². The van der Waals surface area contributed by atoms with E-state index in [2.05, 4.69) is 4.74 Å². The number of allylic oxidation sites excluding steroid dienone is 2. The summed E-state index contributed by atoms with van der Waals surface area (Å²) < 4.78 is 31.1. The number of halogens is 2. The normalized spacial score (nSPS) is 22.9. The number of carbonyl (C=O) groups is 1. The molecule has 2 atom stereocenters. The highest BCUT2D eigenvalue weighted by Crippen LogP contribution is 2.32. The predicted octanol–water partition coefficient (Wildman–Crippen LogP) is 1.90. The summed E-state index contributed by atoms with van der Waals surface area (Å²) in [7, 11) is 0. The number of aliphatic hydroxyl groups is 1. The van der Waals surface area contributed by atoms with E-state index in [1.54, 1.807) is 6.08 Å². The molecule has 0 heterocycles. The number of alkyl halides is 2. The molecular formula is C11H16F2O3. The molecule has 1 N–H and O–H groups in total. The van der Waals surface area contributed by atoms with E-state index in [0.29, 0.717) is 19.3 Å².